The number of hydrogen-bond donors (Lipinski definition) is 1. The molecule has 2 aliphatic rings. The molecule has 1 unspecified atom stereocenters. The minimum atomic E-state index is 0.433. The van der Waals surface area contributed by atoms with Gasteiger partial charge in [0.25, 0.3) is 0 Å². The van der Waals surface area contributed by atoms with E-state index in [1.807, 2.05) is 0 Å². The first-order valence-corrected chi connectivity index (χ1v) is 8.63. The SMILES string of the molecule is CCNC(CSC1CCCCC1)C1=CCCCO1. The molecule has 1 aliphatic carbocycles. The van der Waals surface area contributed by atoms with Crippen LogP contribution < -0.4 is 5.32 Å². The Morgan fingerprint density at radius 3 is 2.83 bits per heavy atom. The van der Waals surface area contributed by atoms with Crippen molar-refractivity contribution in [2.24, 2.45) is 0 Å². The molecule has 1 N–H and O–H groups in total. The number of rotatable bonds is 6. The molecule has 2 rings (SSSR count). The van der Waals surface area contributed by atoms with Gasteiger partial charge in [-0.25, -0.2) is 0 Å². The summed E-state index contributed by atoms with van der Waals surface area (Å²) in [5.74, 6) is 2.37. The fourth-order valence-electron chi connectivity index (χ4n) is 2.77. The number of allylic oxidation sites excluding steroid dienone is 1. The van der Waals surface area contributed by atoms with Gasteiger partial charge in [0.2, 0.25) is 0 Å². The molecular weight excluding hydrogens is 242 g/mol. The molecule has 0 aromatic heterocycles. The minimum absolute atomic E-state index is 0.433. The summed E-state index contributed by atoms with van der Waals surface area (Å²) in [6.45, 7) is 4.11. The molecule has 1 aliphatic heterocycles. The molecule has 0 spiro atoms. The molecule has 0 aromatic carbocycles. The topological polar surface area (TPSA) is 21.3 Å². The van der Waals surface area contributed by atoms with E-state index in [2.05, 4.69) is 30.1 Å². The lowest BCUT2D eigenvalue weighted by molar-refractivity contribution is 0.172. The molecule has 3 heteroatoms. The van der Waals surface area contributed by atoms with Crippen molar-refractivity contribution in [3.8, 4) is 0 Å². The maximum absolute atomic E-state index is 5.82. The molecule has 2 nitrogen and oxygen atoms in total. The van der Waals surface area contributed by atoms with Crippen LogP contribution in [0.3, 0.4) is 0 Å². The number of likely N-dealkylation sites (N-methyl/N-ethyl adjacent to an activating group) is 1. The van der Waals surface area contributed by atoms with Gasteiger partial charge >= 0.3 is 0 Å². The average molecular weight is 269 g/mol. The standard InChI is InChI=1S/C15H27NOS/c1-2-16-14(15-10-6-7-11-17-15)12-18-13-8-4-3-5-9-13/h10,13-14,16H,2-9,11-12H2,1H3. The zero-order valence-electron chi connectivity index (χ0n) is 11.6. The lowest BCUT2D eigenvalue weighted by Gasteiger charge is -2.27. The summed E-state index contributed by atoms with van der Waals surface area (Å²) >= 11 is 2.16. The zero-order valence-corrected chi connectivity index (χ0v) is 12.4. The molecule has 1 atom stereocenters. The van der Waals surface area contributed by atoms with Crippen molar-refractivity contribution < 1.29 is 4.74 Å². The van der Waals surface area contributed by atoms with Gasteiger partial charge in [0.1, 0.15) is 5.76 Å². The summed E-state index contributed by atoms with van der Waals surface area (Å²) in [7, 11) is 0. The zero-order chi connectivity index (χ0) is 12.6. The summed E-state index contributed by atoms with van der Waals surface area (Å²) in [5.41, 5.74) is 0. The molecule has 18 heavy (non-hydrogen) atoms. The summed E-state index contributed by atoms with van der Waals surface area (Å²) in [6, 6.07) is 0.433. The fourth-order valence-corrected chi connectivity index (χ4v) is 4.19. The molecule has 104 valence electrons. The molecule has 0 amide bonds. The van der Waals surface area contributed by atoms with E-state index in [-0.39, 0.29) is 0 Å². The van der Waals surface area contributed by atoms with Crippen molar-refractivity contribution in [1.82, 2.24) is 5.32 Å². The van der Waals surface area contributed by atoms with Crippen LogP contribution in [0.1, 0.15) is 51.9 Å². The van der Waals surface area contributed by atoms with Gasteiger partial charge in [-0.2, -0.15) is 11.8 Å². The third-order valence-corrected chi connectivity index (χ3v) is 5.28. The highest BCUT2D eigenvalue weighted by atomic mass is 32.2. The highest BCUT2D eigenvalue weighted by molar-refractivity contribution is 7.99. The van der Waals surface area contributed by atoms with Crippen LogP contribution in [0.5, 0.6) is 0 Å². The Kier molecular flexibility index (Phi) is 6.42. The number of hydrogen-bond acceptors (Lipinski definition) is 3. The van der Waals surface area contributed by atoms with Crippen molar-refractivity contribution in [3.05, 3.63) is 11.8 Å². The predicted octanol–water partition coefficient (Wildman–Crippen LogP) is 3.72. The third-order valence-electron chi connectivity index (χ3n) is 3.81. The smallest absolute Gasteiger partial charge is 0.110 e. The molecule has 0 saturated heterocycles. The summed E-state index contributed by atoms with van der Waals surface area (Å²) < 4.78 is 5.82. The van der Waals surface area contributed by atoms with Gasteiger partial charge in [0.15, 0.2) is 0 Å². The van der Waals surface area contributed by atoms with E-state index in [0.717, 1.165) is 18.4 Å². The van der Waals surface area contributed by atoms with Gasteiger partial charge in [-0.05, 0) is 38.3 Å². The summed E-state index contributed by atoms with van der Waals surface area (Å²) in [5, 5.41) is 4.47. The first-order valence-electron chi connectivity index (χ1n) is 7.58. The quantitative estimate of drug-likeness (QED) is 0.794. The van der Waals surface area contributed by atoms with Crippen LogP contribution in [0, 0.1) is 0 Å². The molecular formula is C15H27NOS. The number of nitrogens with one attached hydrogen (secondary N) is 1. The Bertz CT molecular complexity index is 261. The number of thioether (sulfide) groups is 1. The van der Waals surface area contributed by atoms with Crippen LogP contribution in [0.25, 0.3) is 0 Å². The fraction of sp³-hybridized carbons (Fsp3) is 0.867. The van der Waals surface area contributed by atoms with E-state index in [4.69, 9.17) is 4.74 Å². The molecule has 1 saturated carbocycles. The van der Waals surface area contributed by atoms with Crippen molar-refractivity contribution in [2.75, 3.05) is 18.9 Å². The first kappa shape index (κ1) is 14.3. The van der Waals surface area contributed by atoms with E-state index in [0.29, 0.717) is 6.04 Å². The van der Waals surface area contributed by atoms with E-state index < -0.39 is 0 Å². The van der Waals surface area contributed by atoms with E-state index in [9.17, 15) is 0 Å². The lowest BCUT2D eigenvalue weighted by atomic mass is 10.0. The van der Waals surface area contributed by atoms with Crippen molar-refractivity contribution in [1.29, 1.82) is 0 Å². The highest BCUT2D eigenvalue weighted by Crippen LogP contribution is 2.29. The molecule has 0 bridgehead atoms. The van der Waals surface area contributed by atoms with Crippen LogP contribution in [0.15, 0.2) is 11.8 Å². The van der Waals surface area contributed by atoms with Gasteiger partial charge in [0, 0.05) is 11.0 Å². The Hall–Kier alpha value is -0.150. The van der Waals surface area contributed by atoms with Crippen LogP contribution in [-0.4, -0.2) is 30.2 Å². The van der Waals surface area contributed by atoms with E-state index in [1.54, 1.807) is 0 Å². The number of ether oxygens (including phenoxy) is 1. The first-order chi connectivity index (χ1) is 8.90. The van der Waals surface area contributed by atoms with Gasteiger partial charge < -0.3 is 10.1 Å². The monoisotopic (exact) mass is 269 g/mol. The lowest BCUT2D eigenvalue weighted by Crippen LogP contribution is -2.35. The van der Waals surface area contributed by atoms with Gasteiger partial charge in [-0.15, -0.1) is 0 Å². The molecule has 1 heterocycles. The van der Waals surface area contributed by atoms with Gasteiger partial charge in [0.05, 0.1) is 12.6 Å². The third kappa shape index (κ3) is 4.51. The predicted molar refractivity (Wildman–Crippen MR) is 80.1 cm³/mol. The van der Waals surface area contributed by atoms with Gasteiger partial charge in [-0.1, -0.05) is 26.2 Å². The maximum atomic E-state index is 5.82. The van der Waals surface area contributed by atoms with Gasteiger partial charge in [-0.3, -0.25) is 0 Å². The molecule has 1 fully saturated rings. The summed E-state index contributed by atoms with van der Waals surface area (Å²) in [6.07, 6.45) is 11.8. The Balaban J connectivity index is 1.79. The second-order valence-electron chi connectivity index (χ2n) is 5.30. The van der Waals surface area contributed by atoms with Crippen molar-refractivity contribution in [2.45, 2.75) is 63.2 Å². The summed E-state index contributed by atoms with van der Waals surface area (Å²) in [4.78, 5) is 0. The molecule has 0 aromatic rings. The maximum Gasteiger partial charge on any atom is 0.110 e. The van der Waals surface area contributed by atoms with E-state index in [1.165, 1.54) is 56.5 Å². The second-order valence-corrected chi connectivity index (χ2v) is 6.63. The van der Waals surface area contributed by atoms with Crippen LogP contribution >= 0.6 is 11.8 Å². The average Bonchev–Trinajstić information content (AvgIpc) is 2.45. The minimum Gasteiger partial charge on any atom is -0.497 e. The van der Waals surface area contributed by atoms with Crippen molar-refractivity contribution in [3.63, 3.8) is 0 Å². The largest absolute Gasteiger partial charge is 0.497 e. The van der Waals surface area contributed by atoms with Crippen LogP contribution in [0.2, 0.25) is 0 Å². The van der Waals surface area contributed by atoms with Crippen LogP contribution in [0.4, 0.5) is 0 Å². The Morgan fingerprint density at radius 2 is 2.17 bits per heavy atom. The second kappa shape index (κ2) is 8.11. The Labute approximate surface area is 116 Å². The Morgan fingerprint density at radius 1 is 1.33 bits per heavy atom. The highest BCUT2D eigenvalue weighted by Gasteiger charge is 2.20. The van der Waals surface area contributed by atoms with Crippen LogP contribution in [-0.2, 0) is 4.74 Å². The normalized spacial score (nSPS) is 23.3. The van der Waals surface area contributed by atoms with E-state index >= 15 is 0 Å². The molecule has 0 radical (unpaired) electrons. The van der Waals surface area contributed by atoms with Crippen molar-refractivity contribution >= 4 is 11.8 Å².